The van der Waals surface area contributed by atoms with Crippen molar-refractivity contribution in [3.05, 3.63) is 0 Å². The molecule has 6 nitrogen and oxygen atoms in total. The van der Waals surface area contributed by atoms with Gasteiger partial charge < -0.3 is 0 Å². The minimum absolute atomic E-state index is 0.380. The summed E-state index contributed by atoms with van der Waals surface area (Å²) in [6, 6.07) is -0.417. The molecule has 0 unspecified atom stereocenters. The number of rotatable bonds is 0. The van der Waals surface area contributed by atoms with Crippen LogP contribution in [0.15, 0.2) is 0 Å². The number of hydrogen-bond donors (Lipinski definition) is 0. The number of carbonyl (C=O) groups is 2. The van der Waals surface area contributed by atoms with Crippen LogP contribution in [0.4, 0.5) is 9.59 Å². The fourth-order valence-corrected chi connectivity index (χ4v) is 0.863. The van der Waals surface area contributed by atoms with Crippen LogP contribution >= 0.6 is 0 Å². The maximum absolute atomic E-state index is 10.8. The first-order valence-electron chi connectivity index (χ1n) is 2.76. The Hall–Kier alpha value is -1.46. The molecule has 0 atom stereocenters. The van der Waals surface area contributed by atoms with Crippen LogP contribution < -0.4 is 0 Å². The molecule has 0 spiro atoms. The maximum Gasteiger partial charge on any atom is 0.559 e. The van der Waals surface area contributed by atoms with Crippen LogP contribution in [0.5, 0.6) is 0 Å². The van der Waals surface area contributed by atoms with Gasteiger partial charge in [-0.3, -0.25) is 9.68 Å². The second kappa shape index (κ2) is 1.53. The fourth-order valence-electron chi connectivity index (χ4n) is 0.863. The highest BCUT2D eigenvalue weighted by atomic mass is 16.9. The van der Waals surface area contributed by atoms with E-state index in [1.807, 2.05) is 0 Å². The van der Waals surface area contributed by atoms with Gasteiger partial charge in [-0.25, -0.2) is 4.79 Å². The van der Waals surface area contributed by atoms with Gasteiger partial charge in [0.25, 0.3) is 0 Å². The zero-order valence-electron chi connectivity index (χ0n) is 4.94. The van der Waals surface area contributed by atoms with E-state index in [9.17, 15) is 9.59 Å². The van der Waals surface area contributed by atoms with Crippen molar-refractivity contribution in [3.8, 4) is 0 Å². The van der Waals surface area contributed by atoms with Gasteiger partial charge in [-0.2, -0.15) is 4.79 Å². The smallest absolute Gasteiger partial charge is 0.300 e. The molecule has 0 radical (unpaired) electrons. The van der Waals surface area contributed by atoms with E-state index in [0.29, 0.717) is 13.1 Å². The van der Waals surface area contributed by atoms with Gasteiger partial charge in [0.1, 0.15) is 0 Å². The summed E-state index contributed by atoms with van der Waals surface area (Å²) in [5.41, 5.74) is 0. The zero-order valence-corrected chi connectivity index (χ0v) is 4.94. The Morgan fingerprint density at radius 1 is 1.10 bits per heavy atom. The molecule has 2 aliphatic rings. The maximum atomic E-state index is 10.8. The lowest BCUT2D eigenvalue weighted by Gasteiger charge is -2.20. The van der Waals surface area contributed by atoms with E-state index in [1.54, 1.807) is 0 Å². The highest BCUT2D eigenvalue weighted by molar-refractivity contribution is 5.79. The summed E-state index contributed by atoms with van der Waals surface area (Å²) < 4.78 is 0. The lowest BCUT2D eigenvalue weighted by atomic mass is 10.7. The number of amides is 2. The molecule has 2 amide bonds. The van der Waals surface area contributed by atoms with Gasteiger partial charge in [-0.05, 0) is 0 Å². The normalized spacial score (nSPS) is 22.8. The standard InChI is InChI=1S/C4H4N2O4/c7-3-5-1-2-6(3)10-4(8)9-5/h1-2H2. The molecule has 2 saturated heterocycles. The van der Waals surface area contributed by atoms with Crippen molar-refractivity contribution in [3.63, 3.8) is 0 Å². The molecule has 2 rings (SSSR count). The van der Waals surface area contributed by atoms with Gasteiger partial charge >= 0.3 is 12.2 Å². The zero-order chi connectivity index (χ0) is 7.14. The summed E-state index contributed by atoms with van der Waals surface area (Å²) in [6.07, 6.45) is -0.850. The minimum atomic E-state index is -0.850. The third kappa shape index (κ3) is 0.526. The van der Waals surface area contributed by atoms with Gasteiger partial charge in [0.05, 0.1) is 13.1 Å². The second-order valence-electron chi connectivity index (χ2n) is 1.92. The average molecular weight is 144 g/mol. The molecule has 2 fully saturated rings. The fraction of sp³-hybridized carbons (Fsp3) is 0.500. The van der Waals surface area contributed by atoms with Crippen LogP contribution in [0, 0.1) is 0 Å². The average Bonchev–Trinajstić information content (AvgIpc) is 2.20. The molecule has 2 heterocycles. The minimum Gasteiger partial charge on any atom is -0.300 e. The molecule has 0 aromatic heterocycles. The van der Waals surface area contributed by atoms with Crippen LogP contribution in [-0.2, 0) is 9.68 Å². The number of hydroxylamine groups is 4. The van der Waals surface area contributed by atoms with Crippen LogP contribution in [0.3, 0.4) is 0 Å². The quantitative estimate of drug-likeness (QED) is 0.469. The first-order valence-corrected chi connectivity index (χ1v) is 2.76. The van der Waals surface area contributed by atoms with Crippen LogP contribution in [0.2, 0.25) is 0 Å². The van der Waals surface area contributed by atoms with Gasteiger partial charge in [0.2, 0.25) is 0 Å². The van der Waals surface area contributed by atoms with Crippen molar-refractivity contribution >= 4 is 12.2 Å². The van der Waals surface area contributed by atoms with Gasteiger partial charge in [-0.15, -0.1) is 10.1 Å². The van der Waals surface area contributed by atoms with E-state index in [4.69, 9.17) is 0 Å². The third-order valence-corrected chi connectivity index (χ3v) is 1.30. The van der Waals surface area contributed by atoms with Gasteiger partial charge in [0, 0.05) is 0 Å². The summed E-state index contributed by atoms with van der Waals surface area (Å²) in [5.74, 6) is 0. The lowest BCUT2D eigenvalue weighted by molar-refractivity contribution is -0.164. The number of carbonyl (C=O) groups excluding carboxylic acids is 2. The molecule has 6 heteroatoms. The van der Waals surface area contributed by atoms with Crippen molar-refractivity contribution in [2.24, 2.45) is 0 Å². The molecular weight excluding hydrogens is 140 g/mol. The molecule has 0 N–H and O–H groups in total. The van der Waals surface area contributed by atoms with Crippen LogP contribution in [-0.4, -0.2) is 35.4 Å². The van der Waals surface area contributed by atoms with Crippen LogP contribution in [0.25, 0.3) is 0 Å². The molecule has 54 valence electrons. The van der Waals surface area contributed by atoms with E-state index in [1.165, 1.54) is 0 Å². The molecule has 2 bridgehead atoms. The molecule has 0 aromatic carbocycles. The summed E-state index contributed by atoms with van der Waals surface area (Å²) in [7, 11) is 0. The molecule has 0 aliphatic carbocycles. The molecule has 0 aromatic rings. The predicted octanol–water partition coefficient (Wildman–Crippen LogP) is -0.279. The van der Waals surface area contributed by atoms with E-state index < -0.39 is 12.2 Å². The van der Waals surface area contributed by atoms with Crippen molar-refractivity contribution in [1.29, 1.82) is 0 Å². The Bertz CT molecular complexity index is 185. The molecule has 10 heavy (non-hydrogen) atoms. The van der Waals surface area contributed by atoms with Gasteiger partial charge in [0.15, 0.2) is 0 Å². The number of urea groups is 1. The van der Waals surface area contributed by atoms with Gasteiger partial charge in [-0.1, -0.05) is 0 Å². The molecule has 0 saturated carbocycles. The largest absolute Gasteiger partial charge is 0.559 e. The van der Waals surface area contributed by atoms with Crippen molar-refractivity contribution in [2.75, 3.05) is 13.1 Å². The van der Waals surface area contributed by atoms with E-state index in [0.717, 1.165) is 10.1 Å². The molecular formula is C4H4N2O4. The Labute approximate surface area is 55.8 Å². The Kier molecular flexibility index (Phi) is 0.814. The highest BCUT2D eigenvalue weighted by Crippen LogP contribution is 2.15. The summed E-state index contributed by atoms with van der Waals surface area (Å²) in [6.45, 7) is 0.759. The summed E-state index contributed by atoms with van der Waals surface area (Å²) >= 11 is 0. The number of nitrogens with zero attached hydrogens (tertiary/aromatic N) is 2. The van der Waals surface area contributed by atoms with Crippen molar-refractivity contribution < 1.29 is 19.3 Å². The summed E-state index contributed by atoms with van der Waals surface area (Å²) in [4.78, 5) is 29.9. The molecule has 2 aliphatic heterocycles. The van der Waals surface area contributed by atoms with Crippen molar-refractivity contribution in [1.82, 2.24) is 10.1 Å². The monoisotopic (exact) mass is 144 g/mol. The van der Waals surface area contributed by atoms with E-state index in [-0.39, 0.29) is 0 Å². The lowest BCUT2D eigenvalue weighted by Crippen LogP contribution is -2.41. The second-order valence-corrected chi connectivity index (χ2v) is 1.92. The highest BCUT2D eigenvalue weighted by Gasteiger charge is 2.40. The Morgan fingerprint density at radius 3 is 2.10 bits per heavy atom. The number of hydrogen-bond acceptors (Lipinski definition) is 4. The Balaban J connectivity index is 2.24. The predicted molar refractivity (Wildman–Crippen MR) is 26.4 cm³/mol. The summed E-state index contributed by atoms with van der Waals surface area (Å²) in [5, 5.41) is 1.93. The number of fused-ring (bicyclic) bond motifs is 2. The van der Waals surface area contributed by atoms with Crippen LogP contribution in [0.1, 0.15) is 0 Å². The van der Waals surface area contributed by atoms with Crippen molar-refractivity contribution in [2.45, 2.75) is 0 Å². The topological polar surface area (TPSA) is 59.1 Å². The Morgan fingerprint density at radius 2 is 1.60 bits per heavy atom. The first kappa shape index (κ1) is 5.33. The van der Waals surface area contributed by atoms with E-state index >= 15 is 0 Å². The van der Waals surface area contributed by atoms with E-state index in [2.05, 4.69) is 9.68 Å². The third-order valence-electron chi connectivity index (χ3n) is 1.30. The first-order chi connectivity index (χ1) is 4.77. The SMILES string of the molecule is O=C1ON2CCN(O1)C2=O.